The minimum Gasteiger partial charge on any atom is -0.385 e. The molecule has 2 aliphatic rings. The smallest absolute Gasteiger partial charge is 0.0537 e. The average Bonchev–Trinajstić information content (AvgIpc) is 3.31. The molecule has 3 rings (SSSR count). The average molecular weight is 320 g/mol. The molecule has 0 radical (unpaired) electrons. The summed E-state index contributed by atoms with van der Waals surface area (Å²) in [6.45, 7) is 5.46. The molecule has 0 spiro atoms. The fourth-order valence-electron chi connectivity index (χ4n) is 3.88. The van der Waals surface area contributed by atoms with Crippen LogP contribution < -0.4 is 0 Å². The predicted octanol–water partition coefficient (Wildman–Crippen LogP) is 2.23. The molecule has 0 unspecified atom stereocenters. The molecule has 0 amide bonds. The molecular formula is C18H32N4O. The molecule has 1 aliphatic carbocycles. The molecule has 1 aliphatic heterocycles. The molecule has 0 bridgehead atoms. The first kappa shape index (κ1) is 16.9. The van der Waals surface area contributed by atoms with E-state index in [2.05, 4.69) is 39.9 Å². The molecule has 1 aromatic rings. The van der Waals surface area contributed by atoms with Gasteiger partial charge in [0.15, 0.2) is 0 Å². The van der Waals surface area contributed by atoms with E-state index in [1.165, 1.54) is 50.0 Å². The summed E-state index contributed by atoms with van der Waals surface area (Å²) in [5.74, 6) is 0.760. The molecule has 1 aromatic heterocycles. The summed E-state index contributed by atoms with van der Waals surface area (Å²) in [5, 5.41) is 4.54. The van der Waals surface area contributed by atoms with Gasteiger partial charge in [0.1, 0.15) is 0 Å². The Hall–Kier alpha value is -0.910. The Morgan fingerprint density at radius 3 is 2.61 bits per heavy atom. The van der Waals surface area contributed by atoms with Crippen molar-refractivity contribution in [3.05, 3.63) is 17.5 Å². The number of methoxy groups -OCH3 is 1. The number of aromatic nitrogens is 2. The highest BCUT2D eigenvalue weighted by atomic mass is 16.5. The third kappa shape index (κ3) is 4.34. The molecule has 2 fully saturated rings. The highest BCUT2D eigenvalue weighted by Gasteiger charge is 2.31. The van der Waals surface area contributed by atoms with Crippen molar-refractivity contribution in [3.63, 3.8) is 0 Å². The Bertz CT molecular complexity index is 489. The zero-order valence-electron chi connectivity index (χ0n) is 15.0. The number of aryl methyl sites for hydroxylation is 1. The largest absolute Gasteiger partial charge is 0.385 e. The van der Waals surface area contributed by atoms with Gasteiger partial charge < -0.3 is 9.64 Å². The summed E-state index contributed by atoms with van der Waals surface area (Å²) in [7, 11) is 6.13. The van der Waals surface area contributed by atoms with Crippen molar-refractivity contribution in [2.45, 2.75) is 50.6 Å². The van der Waals surface area contributed by atoms with E-state index in [9.17, 15) is 0 Å². The van der Waals surface area contributed by atoms with Crippen LogP contribution in [0.15, 0.2) is 6.20 Å². The standard InChI is InChI=1S/C18H32N4O/c1-20-10-7-17(8-11-20)22(9-4-12-23-3)14-16-13-19-21(2)18(16)15-5-6-15/h13,15,17H,4-12,14H2,1-3H3. The van der Waals surface area contributed by atoms with Crippen LogP contribution in [0.4, 0.5) is 0 Å². The minimum atomic E-state index is 0.704. The maximum absolute atomic E-state index is 5.27. The summed E-state index contributed by atoms with van der Waals surface area (Å²) in [6, 6.07) is 0.704. The van der Waals surface area contributed by atoms with Crippen LogP contribution >= 0.6 is 0 Å². The summed E-state index contributed by atoms with van der Waals surface area (Å²) >= 11 is 0. The first-order valence-electron chi connectivity index (χ1n) is 9.11. The van der Waals surface area contributed by atoms with Crippen molar-refractivity contribution >= 4 is 0 Å². The molecule has 1 saturated heterocycles. The fourth-order valence-corrected chi connectivity index (χ4v) is 3.88. The van der Waals surface area contributed by atoms with Gasteiger partial charge in [-0.1, -0.05) is 0 Å². The lowest BCUT2D eigenvalue weighted by Crippen LogP contribution is -2.44. The van der Waals surface area contributed by atoms with Crippen LogP contribution in [0.2, 0.25) is 0 Å². The van der Waals surface area contributed by atoms with Crippen molar-refractivity contribution in [1.82, 2.24) is 19.6 Å². The van der Waals surface area contributed by atoms with Crippen LogP contribution in [-0.2, 0) is 18.3 Å². The summed E-state index contributed by atoms with van der Waals surface area (Å²) < 4.78 is 7.38. The number of rotatable bonds is 8. The van der Waals surface area contributed by atoms with Gasteiger partial charge in [-0.15, -0.1) is 0 Å². The molecule has 23 heavy (non-hydrogen) atoms. The zero-order chi connectivity index (χ0) is 16.2. The maximum atomic E-state index is 5.27. The summed E-state index contributed by atoms with van der Waals surface area (Å²) in [6.07, 6.45) is 8.45. The van der Waals surface area contributed by atoms with Gasteiger partial charge in [-0.3, -0.25) is 9.58 Å². The van der Waals surface area contributed by atoms with E-state index in [1.54, 1.807) is 7.11 Å². The molecule has 5 heteroatoms. The summed E-state index contributed by atoms with van der Waals surface area (Å²) in [4.78, 5) is 5.14. The molecule has 0 aromatic carbocycles. The number of hydrogen-bond acceptors (Lipinski definition) is 4. The Morgan fingerprint density at radius 2 is 1.96 bits per heavy atom. The van der Waals surface area contributed by atoms with E-state index < -0.39 is 0 Å². The topological polar surface area (TPSA) is 33.5 Å². The SMILES string of the molecule is COCCCN(Cc1cnn(C)c1C1CC1)C1CCN(C)CC1. The van der Waals surface area contributed by atoms with Gasteiger partial charge in [-0.05, 0) is 52.2 Å². The third-order valence-corrected chi connectivity index (χ3v) is 5.40. The molecule has 130 valence electrons. The van der Waals surface area contributed by atoms with Gasteiger partial charge in [0.25, 0.3) is 0 Å². The lowest BCUT2D eigenvalue weighted by atomic mass is 10.0. The van der Waals surface area contributed by atoms with Gasteiger partial charge in [-0.25, -0.2) is 0 Å². The first-order chi connectivity index (χ1) is 11.2. The van der Waals surface area contributed by atoms with Crippen molar-refractivity contribution < 1.29 is 4.74 Å². The van der Waals surface area contributed by atoms with Gasteiger partial charge >= 0.3 is 0 Å². The monoisotopic (exact) mass is 320 g/mol. The van der Waals surface area contributed by atoms with E-state index in [0.29, 0.717) is 6.04 Å². The summed E-state index contributed by atoms with van der Waals surface area (Å²) in [5.41, 5.74) is 2.93. The van der Waals surface area contributed by atoms with Gasteiger partial charge in [0.2, 0.25) is 0 Å². The number of piperidine rings is 1. The molecule has 0 atom stereocenters. The lowest BCUT2D eigenvalue weighted by molar-refractivity contribution is 0.0997. The van der Waals surface area contributed by atoms with Crippen LogP contribution in [0.5, 0.6) is 0 Å². The predicted molar refractivity (Wildman–Crippen MR) is 92.6 cm³/mol. The minimum absolute atomic E-state index is 0.704. The van der Waals surface area contributed by atoms with Crippen molar-refractivity contribution in [1.29, 1.82) is 0 Å². The number of nitrogens with zero attached hydrogens (tertiary/aromatic N) is 4. The Balaban J connectivity index is 1.67. The van der Waals surface area contributed by atoms with Crippen LogP contribution in [0.3, 0.4) is 0 Å². The Kier molecular flexibility index (Phi) is 5.72. The Morgan fingerprint density at radius 1 is 1.22 bits per heavy atom. The molecule has 2 heterocycles. The number of hydrogen-bond donors (Lipinski definition) is 0. The Labute approximate surface area is 140 Å². The van der Waals surface area contributed by atoms with Crippen molar-refractivity contribution in [2.75, 3.05) is 40.4 Å². The van der Waals surface area contributed by atoms with E-state index in [1.807, 2.05) is 0 Å². The van der Waals surface area contributed by atoms with Crippen molar-refractivity contribution in [2.24, 2.45) is 7.05 Å². The highest BCUT2D eigenvalue weighted by molar-refractivity contribution is 5.25. The lowest BCUT2D eigenvalue weighted by Gasteiger charge is -2.37. The normalized spacial score (nSPS) is 20.5. The van der Waals surface area contributed by atoms with Crippen LogP contribution in [-0.4, -0.2) is 66.0 Å². The molecule has 1 saturated carbocycles. The second kappa shape index (κ2) is 7.77. The van der Waals surface area contributed by atoms with Crippen LogP contribution in [0, 0.1) is 0 Å². The second-order valence-corrected chi connectivity index (χ2v) is 7.30. The number of ether oxygens (including phenoxy) is 1. The van der Waals surface area contributed by atoms with E-state index >= 15 is 0 Å². The van der Waals surface area contributed by atoms with Crippen LogP contribution in [0.25, 0.3) is 0 Å². The van der Waals surface area contributed by atoms with E-state index in [4.69, 9.17) is 4.74 Å². The molecular weight excluding hydrogens is 288 g/mol. The van der Waals surface area contributed by atoms with Crippen LogP contribution in [0.1, 0.15) is 49.3 Å². The zero-order valence-corrected chi connectivity index (χ0v) is 15.0. The first-order valence-corrected chi connectivity index (χ1v) is 9.11. The van der Waals surface area contributed by atoms with Crippen molar-refractivity contribution in [3.8, 4) is 0 Å². The quantitative estimate of drug-likeness (QED) is 0.688. The maximum Gasteiger partial charge on any atom is 0.0537 e. The number of likely N-dealkylation sites (tertiary alicyclic amines) is 1. The fraction of sp³-hybridized carbons (Fsp3) is 0.833. The third-order valence-electron chi connectivity index (χ3n) is 5.40. The second-order valence-electron chi connectivity index (χ2n) is 7.30. The van der Waals surface area contributed by atoms with Gasteiger partial charge in [-0.2, -0.15) is 5.10 Å². The van der Waals surface area contributed by atoms with Gasteiger partial charge in [0, 0.05) is 57.1 Å². The highest BCUT2D eigenvalue weighted by Crippen LogP contribution is 2.41. The van der Waals surface area contributed by atoms with E-state index in [-0.39, 0.29) is 0 Å². The molecule has 0 N–H and O–H groups in total. The van der Waals surface area contributed by atoms with Gasteiger partial charge in [0.05, 0.1) is 6.20 Å². The molecule has 5 nitrogen and oxygen atoms in total. The van der Waals surface area contributed by atoms with E-state index in [0.717, 1.165) is 32.0 Å².